The van der Waals surface area contributed by atoms with Crippen LogP contribution in [-0.4, -0.2) is 48.5 Å². The first-order chi connectivity index (χ1) is 14.8. The zero-order valence-electron chi connectivity index (χ0n) is 17.4. The van der Waals surface area contributed by atoms with Crippen molar-refractivity contribution >= 4 is 46.1 Å². The Morgan fingerprint density at radius 3 is 2.65 bits per heavy atom. The Morgan fingerprint density at radius 2 is 1.97 bits per heavy atom. The third-order valence-corrected chi connectivity index (χ3v) is 6.27. The lowest BCUT2D eigenvalue weighted by molar-refractivity contribution is -0.153. The van der Waals surface area contributed by atoms with Gasteiger partial charge in [-0.3, -0.25) is 19.7 Å². The number of rotatable bonds is 8. The number of hydrogen-bond donors (Lipinski definition) is 3. The molecule has 3 rings (SSSR count). The first kappa shape index (κ1) is 22.7. The summed E-state index contributed by atoms with van der Waals surface area (Å²) in [4.78, 5) is 60.8. The molecule has 4 amide bonds. The van der Waals surface area contributed by atoms with E-state index in [9.17, 15) is 24.0 Å². The minimum Gasteiger partial charge on any atom is -0.462 e. The first-order valence-corrected chi connectivity index (χ1v) is 11.0. The van der Waals surface area contributed by atoms with Gasteiger partial charge in [0.15, 0.2) is 6.10 Å². The minimum atomic E-state index is -1.10. The molecule has 2 aliphatic rings. The molecule has 10 nitrogen and oxygen atoms in total. The van der Waals surface area contributed by atoms with Crippen molar-refractivity contribution in [2.45, 2.75) is 64.5 Å². The van der Waals surface area contributed by atoms with Crippen LogP contribution in [0.5, 0.6) is 0 Å². The van der Waals surface area contributed by atoms with Gasteiger partial charge in [-0.1, -0.05) is 0 Å². The van der Waals surface area contributed by atoms with Crippen LogP contribution in [0.1, 0.15) is 60.3 Å². The molecule has 2 unspecified atom stereocenters. The maximum absolute atomic E-state index is 12.6. The molecule has 0 radical (unpaired) electrons. The van der Waals surface area contributed by atoms with E-state index < -0.39 is 41.9 Å². The third kappa shape index (κ3) is 5.40. The fraction of sp³-hybridized carbons (Fsp3) is 0.550. The highest BCUT2D eigenvalue weighted by Gasteiger charge is 2.31. The molecular formula is C20H25N3O7S. The lowest BCUT2D eigenvalue weighted by Gasteiger charge is -2.15. The number of esters is 2. The summed E-state index contributed by atoms with van der Waals surface area (Å²) < 4.78 is 10.3. The van der Waals surface area contributed by atoms with E-state index in [1.54, 1.807) is 6.92 Å². The predicted molar refractivity (Wildman–Crippen MR) is 111 cm³/mol. The Bertz CT molecular complexity index is 911. The Morgan fingerprint density at radius 1 is 1.23 bits per heavy atom. The van der Waals surface area contributed by atoms with Crippen molar-refractivity contribution in [1.82, 2.24) is 10.6 Å². The second kappa shape index (κ2) is 9.90. The average Bonchev–Trinajstić information content (AvgIpc) is 3.24. The first-order valence-electron chi connectivity index (χ1n) is 10.2. The van der Waals surface area contributed by atoms with Crippen LogP contribution in [0.3, 0.4) is 0 Å². The minimum absolute atomic E-state index is 0.0649. The molecule has 2 heterocycles. The predicted octanol–water partition coefficient (Wildman–Crippen LogP) is 1.66. The number of nitrogens with one attached hydrogen (secondary N) is 3. The maximum atomic E-state index is 12.6. The molecule has 0 bridgehead atoms. The Hall–Kier alpha value is -2.95. The number of thiophene rings is 1. The molecule has 1 aromatic rings. The number of anilines is 1. The number of carbonyl (C=O) groups excluding carboxylic acids is 5. The van der Waals surface area contributed by atoms with Gasteiger partial charge in [-0.15, -0.1) is 11.3 Å². The van der Waals surface area contributed by atoms with E-state index >= 15 is 0 Å². The molecule has 11 heteroatoms. The number of ether oxygens (including phenoxy) is 2. The van der Waals surface area contributed by atoms with Crippen molar-refractivity contribution in [3.8, 4) is 0 Å². The highest BCUT2D eigenvalue weighted by atomic mass is 32.1. The number of urea groups is 1. The van der Waals surface area contributed by atoms with E-state index in [-0.39, 0.29) is 19.4 Å². The summed E-state index contributed by atoms with van der Waals surface area (Å²) >= 11 is 1.35. The van der Waals surface area contributed by atoms with Gasteiger partial charge in [-0.05, 0) is 51.5 Å². The van der Waals surface area contributed by atoms with Crippen molar-refractivity contribution in [2.75, 3.05) is 11.9 Å². The molecule has 1 aliphatic heterocycles. The highest BCUT2D eigenvalue weighted by Crippen LogP contribution is 2.38. The smallest absolute Gasteiger partial charge is 0.341 e. The number of fused-ring (bicyclic) bond motifs is 1. The number of hydrogen-bond acceptors (Lipinski definition) is 8. The summed E-state index contributed by atoms with van der Waals surface area (Å²) in [6, 6.07) is -1.40. The van der Waals surface area contributed by atoms with Gasteiger partial charge in [0.1, 0.15) is 11.0 Å². The van der Waals surface area contributed by atoms with E-state index in [0.717, 1.165) is 36.1 Å². The molecule has 1 aromatic heterocycles. The van der Waals surface area contributed by atoms with E-state index in [0.29, 0.717) is 10.6 Å². The van der Waals surface area contributed by atoms with E-state index in [1.165, 1.54) is 18.3 Å². The quantitative estimate of drug-likeness (QED) is 0.403. The molecule has 0 spiro atoms. The van der Waals surface area contributed by atoms with Crippen LogP contribution in [0.25, 0.3) is 0 Å². The molecule has 31 heavy (non-hydrogen) atoms. The molecule has 1 fully saturated rings. The van der Waals surface area contributed by atoms with Gasteiger partial charge in [0.05, 0.1) is 12.2 Å². The van der Waals surface area contributed by atoms with Crippen molar-refractivity contribution in [3.05, 3.63) is 16.0 Å². The van der Waals surface area contributed by atoms with Crippen LogP contribution in [0.4, 0.5) is 9.80 Å². The van der Waals surface area contributed by atoms with E-state index in [4.69, 9.17) is 9.47 Å². The molecule has 2 atom stereocenters. The number of carbonyl (C=O) groups is 5. The molecule has 168 valence electrons. The summed E-state index contributed by atoms with van der Waals surface area (Å²) in [5, 5.41) is 7.58. The Balaban J connectivity index is 1.59. The summed E-state index contributed by atoms with van der Waals surface area (Å²) in [7, 11) is 0. The van der Waals surface area contributed by atoms with Crippen molar-refractivity contribution in [1.29, 1.82) is 0 Å². The second-order valence-corrected chi connectivity index (χ2v) is 8.42. The largest absolute Gasteiger partial charge is 0.462 e. The zero-order valence-corrected chi connectivity index (χ0v) is 18.2. The standard InChI is InChI=1S/C20H25N3O7S/c1-3-29-19(27)15-11-6-4-5-7-13(11)31-18(15)22-16(25)10(2)30-14(24)9-8-12-17(26)23-20(28)21-12/h10,12H,3-9H2,1-2H3,(H,22,25)(H2,21,23,26,28). The summed E-state index contributed by atoms with van der Waals surface area (Å²) in [6.45, 7) is 3.37. The van der Waals surface area contributed by atoms with Crippen LogP contribution in [-0.2, 0) is 36.7 Å². The lowest BCUT2D eigenvalue weighted by Crippen LogP contribution is -2.32. The number of aryl methyl sites for hydroxylation is 1. The van der Waals surface area contributed by atoms with Gasteiger partial charge >= 0.3 is 18.0 Å². The zero-order chi connectivity index (χ0) is 22.5. The van der Waals surface area contributed by atoms with Crippen molar-refractivity contribution in [2.24, 2.45) is 0 Å². The molecular weight excluding hydrogens is 426 g/mol. The monoisotopic (exact) mass is 451 g/mol. The number of amides is 4. The fourth-order valence-electron chi connectivity index (χ4n) is 3.52. The van der Waals surface area contributed by atoms with Crippen molar-refractivity contribution in [3.63, 3.8) is 0 Å². The highest BCUT2D eigenvalue weighted by molar-refractivity contribution is 7.17. The molecule has 1 aliphatic carbocycles. The molecule has 0 saturated carbocycles. The maximum Gasteiger partial charge on any atom is 0.341 e. The topological polar surface area (TPSA) is 140 Å². The van der Waals surface area contributed by atoms with Gasteiger partial charge in [0.25, 0.3) is 11.8 Å². The van der Waals surface area contributed by atoms with Crippen LogP contribution in [0, 0.1) is 0 Å². The molecule has 1 saturated heterocycles. The Kier molecular flexibility index (Phi) is 7.26. The average molecular weight is 452 g/mol. The van der Waals surface area contributed by atoms with E-state index in [2.05, 4.69) is 16.0 Å². The SMILES string of the molecule is CCOC(=O)c1c(NC(=O)C(C)OC(=O)CCC2NC(=O)NC2=O)sc2c1CCCC2. The summed E-state index contributed by atoms with van der Waals surface area (Å²) in [5.41, 5.74) is 1.31. The summed E-state index contributed by atoms with van der Waals surface area (Å²) in [5.74, 6) is -2.22. The van der Waals surface area contributed by atoms with E-state index in [1.807, 2.05) is 0 Å². The van der Waals surface area contributed by atoms with Gasteiger partial charge in [0.2, 0.25) is 0 Å². The van der Waals surface area contributed by atoms with Gasteiger partial charge < -0.3 is 20.1 Å². The normalized spacial score (nSPS) is 18.5. The van der Waals surface area contributed by atoms with Gasteiger partial charge in [-0.25, -0.2) is 9.59 Å². The van der Waals surface area contributed by atoms with Crippen LogP contribution >= 0.6 is 11.3 Å². The third-order valence-electron chi connectivity index (χ3n) is 5.06. The summed E-state index contributed by atoms with van der Waals surface area (Å²) in [6.07, 6.45) is 2.41. The molecule has 3 N–H and O–H groups in total. The lowest BCUT2D eigenvalue weighted by atomic mass is 9.95. The van der Waals surface area contributed by atoms with Crippen LogP contribution in [0.15, 0.2) is 0 Å². The van der Waals surface area contributed by atoms with Crippen molar-refractivity contribution < 1.29 is 33.4 Å². The molecule has 0 aromatic carbocycles. The van der Waals surface area contributed by atoms with Crippen LogP contribution in [0.2, 0.25) is 0 Å². The fourth-order valence-corrected chi connectivity index (χ4v) is 4.80. The Labute approximate surface area is 183 Å². The number of imide groups is 1. The second-order valence-electron chi connectivity index (χ2n) is 7.31. The van der Waals surface area contributed by atoms with Crippen LogP contribution < -0.4 is 16.0 Å². The van der Waals surface area contributed by atoms with Gasteiger partial charge in [0, 0.05) is 11.3 Å². The van der Waals surface area contributed by atoms with Gasteiger partial charge in [-0.2, -0.15) is 0 Å².